The van der Waals surface area contributed by atoms with Crippen LogP contribution in [-0.2, 0) is 10.0 Å². The van der Waals surface area contributed by atoms with E-state index in [4.69, 9.17) is 0 Å². The third kappa shape index (κ3) is 4.80. The number of nitro benzene ring substituents is 1. The van der Waals surface area contributed by atoms with Gasteiger partial charge in [-0.3, -0.25) is 10.1 Å². The number of rotatable bonds is 7. The van der Waals surface area contributed by atoms with Crippen molar-refractivity contribution in [1.29, 1.82) is 0 Å². The topological polar surface area (TPSA) is 89.3 Å². The number of non-ortho nitro benzene ring substituents is 1. The number of unbranched alkanes of at least 4 members (excludes halogenated alkanes) is 1. The fourth-order valence-corrected chi connectivity index (χ4v) is 2.50. The fraction of sp³-hybridized carbons (Fsp3) is 0.333. The summed E-state index contributed by atoms with van der Waals surface area (Å²) in [6, 6.07) is 4.81. The predicted octanol–water partition coefficient (Wildman–Crippen LogP) is 2.23. The number of nitrogens with one attached hydrogen (secondary N) is 1. The number of benzene rings is 1. The van der Waals surface area contributed by atoms with Crippen molar-refractivity contribution in [3.8, 4) is 0 Å². The van der Waals surface area contributed by atoms with Gasteiger partial charge in [-0.05, 0) is 31.9 Å². The van der Waals surface area contributed by atoms with Crippen LogP contribution >= 0.6 is 0 Å². The van der Waals surface area contributed by atoms with Gasteiger partial charge in [0.2, 0.25) is 10.0 Å². The highest BCUT2D eigenvalue weighted by molar-refractivity contribution is 7.89. The molecule has 0 aliphatic carbocycles. The van der Waals surface area contributed by atoms with Crippen molar-refractivity contribution in [3.05, 3.63) is 46.5 Å². The molecule has 0 bridgehead atoms. The van der Waals surface area contributed by atoms with Gasteiger partial charge in [-0.1, -0.05) is 12.2 Å². The standard InChI is InChI=1S/C12H16N2O4S/c1-2-3-4-5-10-13-19(17,18)12-8-6-11(7-9-12)14(15)16/h2-3,6-9,13H,4-5,10H2,1H3/b3-2-. The molecule has 19 heavy (non-hydrogen) atoms. The Kier molecular flexibility index (Phi) is 5.65. The van der Waals surface area contributed by atoms with Gasteiger partial charge < -0.3 is 0 Å². The number of hydrogen-bond acceptors (Lipinski definition) is 4. The summed E-state index contributed by atoms with van der Waals surface area (Å²) in [6.45, 7) is 2.24. The highest BCUT2D eigenvalue weighted by atomic mass is 32.2. The summed E-state index contributed by atoms with van der Waals surface area (Å²) in [7, 11) is -3.59. The molecule has 104 valence electrons. The van der Waals surface area contributed by atoms with E-state index in [2.05, 4.69) is 4.72 Å². The Morgan fingerprint density at radius 1 is 1.32 bits per heavy atom. The van der Waals surface area contributed by atoms with Gasteiger partial charge in [0.15, 0.2) is 0 Å². The third-order valence-corrected chi connectivity index (χ3v) is 3.91. The van der Waals surface area contributed by atoms with Crippen LogP contribution in [0.3, 0.4) is 0 Å². The van der Waals surface area contributed by atoms with Crippen LogP contribution in [-0.4, -0.2) is 19.9 Å². The number of allylic oxidation sites excluding steroid dienone is 2. The zero-order valence-corrected chi connectivity index (χ0v) is 11.4. The number of nitrogens with zero attached hydrogens (tertiary/aromatic N) is 1. The summed E-state index contributed by atoms with van der Waals surface area (Å²) in [4.78, 5) is 9.93. The molecule has 0 heterocycles. The molecule has 0 aromatic heterocycles. The minimum absolute atomic E-state index is 0.0316. The van der Waals surface area contributed by atoms with Gasteiger partial charge in [-0.15, -0.1) is 0 Å². The van der Waals surface area contributed by atoms with Gasteiger partial charge in [0.05, 0.1) is 9.82 Å². The molecule has 0 fully saturated rings. The van der Waals surface area contributed by atoms with Crippen LogP contribution in [0, 0.1) is 10.1 Å². The van der Waals surface area contributed by atoms with E-state index in [0.29, 0.717) is 13.0 Å². The maximum atomic E-state index is 11.8. The molecule has 1 aromatic carbocycles. The van der Waals surface area contributed by atoms with Gasteiger partial charge in [0.1, 0.15) is 0 Å². The zero-order valence-electron chi connectivity index (χ0n) is 10.6. The molecule has 0 unspecified atom stereocenters. The van der Waals surface area contributed by atoms with E-state index >= 15 is 0 Å². The minimum atomic E-state index is -3.59. The van der Waals surface area contributed by atoms with Crippen molar-refractivity contribution in [2.75, 3.05) is 6.54 Å². The first-order valence-corrected chi connectivity index (χ1v) is 7.31. The van der Waals surface area contributed by atoms with Crippen LogP contribution < -0.4 is 4.72 Å². The average Bonchev–Trinajstić information content (AvgIpc) is 2.38. The van der Waals surface area contributed by atoms with E-state index in [9.17, 15) is 18.5 Å². The number of sulfonamides is 1. The molecule has 0 aliphatic rings. The fourth-order valence-electron chi connectivity index (χ4n) is 1.42. The molecule has 0 radical (unpaired) electrons. The monoisotopic (exact) mass is 284 g/mol. The molecule has 0 atom stereocenters. The van der Waals surface area contributed by atoms with E-state index in [1.165, 1.54) is 24.3 Å². The molecule has 6 nitrogen and oxygen atoms in total. The largest absolute Gasteiger partial charge is 0.269 e. The molecule has 0 spiro atoms. The molecular formula is C12H16N2O4S. The molecule has 1 aromatic rings. The second-order valence-electron chi connectivity index (χ2n) is 3.86. The smallest absolute Gasteiger partial charge is 0.258 e. The van der Waals surface area contributed by atoms with E-state index in [1.54, 1.807) is 0 Å². The van der Waals surface area contributed by atoms with Crippen LogP contribution in [0.25, 0.3) is 0 Å². The Balaban J connectivity index is 2.64. The van der Waals surface area contributed by atoms with Crippen molar-refractivity contribution >= 4 is 15.7 Å². The van der Waals surface area contributed by atoms with Crippen molar-refractivity contribution < 1.29 is 13.3 Å². The van der Waals surface area contributed by atoms with Crippen molar-refractivity contribution in [2.24, 2.45) is 0 Å². The highest BCUT2D eigenvalue weighted by Gasteiger charge is 2.14. The van der Waals surface area contributed by atoms with Gasteiger partial charge in [-0.25, -0.2) is 13.1 Å². The third-order valence-electron chi connectivity index (χ3n) is 2.43. The van der Waals surface area contributed by atoms with E-state index in [0.717, 1.165) is 6.42 Å². The summed E-state index contributed by atoms with van der Waals surface area (Å²) < 4.78 is 26.1. The van der Waals surface area contributed by atoms with E-state index in [-0.39, 0.29) is 10.6 Å². The van der Waals surface area contributed by atoms with Crippen LogP contribution in [0.4, 0.5) is 5.69 Å². The Hall–Kier alpha value is -1.73. The summed E-state index contributed by atoms with van der Waals surface area (Å²) in [5.41, 5.74) is -0.132. The quantitative estimate of drug-likeness (QED) is 0.360. The Morgan fingerprint density at radius 3 is 2.47 bits per heavy atom. The molecule has 0 saturated carbocycles. The summed E-state index contributed by atoms with van der Waals surface area (Å²) >= 11 is 0. The van der Waals surface area contributed by atoms with E-state index < -0.39 is 14.9 Å². The summed E-state index contributed by atoms with van der Waals surface area (Å²) in [5.74, 6) is 0. The lowest BCUT2D eigenvalue weighted by atomic mass is 10.3. The maximum Gasteiger partial charge on any atom is 0.269 e. The van der Waals surface area contributed by atoms with Crippen LogP contribution in [0.5, 0.6) is 0 Å². The normalized spacial score (nSPS) is 11.8. The summed E-state index contributed by atoms with van der Waals surface area (Å²) in [6.07, 6.45) is 5.38. The average molecular weight is 284 g/mol. The summed E-state index contributed by atoms with van der Waals surface area (Å²) in [5, 5.41) is 10.5. The molecule has 0 amide bonds. The van der Waals surface area contributed by atoms with E-state index in [1.807, 2.05) is 19.1 Å². The number of hydrogen-bond donors (Lipinski definition) is 1. The first kappa shape index (κ1) is 15.3. The van der Waals surface area contributed by atoms with Crippen molar-refractivity contribution in [3.63, 3.8) is 0 Å². The van der Waals surface area contributed by atoms with Gasteiger partial charge >= 0.3 is 0 Å². The zero-order chi connectivity index (χ0) is 14.3. The Bertz CT molecular complexity index is 550. The van der Waals surface area contributed by atoms with Crippen LogP contribution in [0.15, 0.2) is 41.3 Å². The van der Waals surface area contributed by atoms with Crippen molar-refractivity contribution in [1.82, 2.24) is 4.72 Å². The lowest BCUT2D eigenvalue weighted by Gasteiger charge is -2.05. The lowest BCUT2D eigenvalue weighted by Crippen LogP contribution is -2.24. The predicted molar refractivity (Wildman–Crippen MR) is 72.3 cm³/mol. The number of nitro groups is 1. The second-order valence-corrected chi connectivity index (χ2v) is 5.63. The van der Waals surface area contributed by atoms with Crippen LogP contribution in [0.1, 0.15) is 19.8 Å². The van der Waals surface area contributed by atoms with Crippen molar-refractivity contribution in [2.45, 2.75) is 24.7 Å². The molecule has 1 rings (SSSR count). The second kappa shape index (κ2) is 7.01. The SMILES string of the molecule is C/C=C\CCCNS(=O)(=O)c1ccc([N+](=O)[O-])cc1. The minimum Gasteiger partial charge on any atom is -0.258 e. The molecule has 1 N–H and O–H groups in total. The lowest BCUT2D eigenvalue weighted by molar-refractivity contribution is -0.384. The molecular weight excluding hydrogens is 268 g/mol. The molecule has 0 saturated heterocycles. The maximum absolute atomic E-state index is 11.8. The Morgan fingerprint density at radius 2 is 1.95 bits per heavy atom. The highest BCUT2D eigenvalue weighted by Crippen LogP contribution is 2.15. The Labute approximate surface area is 112 Å². The van der Waals surface area contributed by atoms with Gasteiger partial charge in [0, 0.05) is 18.7 Å². The van der Waals surface area contributed by atoms with Gasteiger partial charge in [-0.2, -0.15) is 0 Å². The van der Waals surface area contributed by atoms with Crippen LogP contribution in [0.2, 0.25) is 0 Å². The molecule has 7 heteroatoms. The first-order valence-electron chi connectivity index (χ1n) is 5.82. The molecule has 0 aliphatic heterocycles. The first-order chi connectivity index (χ1) is 8.97. The van der Waals surface area contributed by atoms with Gasteiger partial charge in [0.25, 0.3) is 5.69 Å².